The van der Waals surface area contributed by atoms with Crippen LogP contribution >= 0.6 is 0 Å². The van der Waals surface area contributed by atoms with Crippen LogP contribution in [0.1, 0.15) is 87.2 Å². The van der Waals surface area contributed by atoms with E-state index in [2.05, 4.69) is 27.5 Å². The maximum atomic E-state index is 13.4. The van der Waals surface area contributed by atoms with Crippen LogP contribution in [-0.2, 0) is 11.3 Å². The third kappa shape index (κ3) is 10.2. The highest BCUT2D eigenvalue weighted by atomic mass is 19.1. The highest BCUT2D eigenvalue weighted by molar-refractivity contribution is 5.94. The Morgan fingerprint density at radius 1 is 1.05 bits per heavy atom. The minimum atomic E-state index is -0.329. The Morgan fingerprint density at radius 2 is 1.77 bits per heavy atom. The zero-order chi connectivity index (χ0) is 28.7. The monoisotopic (exact) mass is 554 g/mol. The Morgan fingerprint density at radius 3 is 2.48 bits per heavy atom. The van der Waals surface area contributed by atoms with E-state index in [9.17, 15) is 14.0 Å². The zero-order valence-electron chi connectivity index (χ0n) is 24.5. The first-order valence-corrected chi connectivity index (χ1v) is 14.9. The van der Waals surface area contributed by atoms with E-state index in [0.29, 0.717) is 43.5 Å². The van der Waals surface area contributed by atoms with Gasteiger partial charge in [-0.25, -0.2) is 14.4 Å². The molecule has 40 heavy (non-hydrogen) atoms. The van der Waals surface area contributed by atoms with Gasteiger partial charge >= 0.3 is 0 Å². The molecule has 0 radical (unpaired) electrons. The van der Waals surface area contributed by atoms with Gasteiger partial charge in [-0.2, -0.15) is 0 Å². The molecule has 8 nitrogen and oxygen atoms in total. The second-order valence-electron chi connectivity index (χ2n) is 11.0. The minimum absolute atomic E-state index is 0.00346. The smallest absolute Gasteiger partial charge is 0.254 e. The van der Waals surface area contributed by atoms with E-state index in [4.69, 9.17) is 0 Å². The van der Waals surface area contributed by atoms with Crippen LogP contribution in [0.15, 0.2) is 36.5 Å². The first-order chi connectivity index (χ1) is 19.4. The van der Waals surface area contributed by atoms with Crippen molar-refractivity contribution in [2.24, 2.45) is 5.92 Å². The Labute approximate surface area is 239 Å². The third-order valence-electron chi connectivity index (χ3n) is 7.72. The van der Waals surface area contributed by atoms with Gasteiger partial charge in [0.05, 0.1) is 12.2 Å². The topological polar surface area (TPSA) is 90.5 Å². The molecule has 1 aliphatic carbocycles. The number of hydrogen-bond acceptors (Lipinski definition) is 6. The lowest BCUT2D eigenvalue weighted by atomic mass is 10.1. The van der Waals surface area contributed by atoms with Gasteiger partial charge in [0.15, 0.2) is 0 Å². The lowest BCUT2D eigenvalue weighted by Crippen LogP contribution is -2.39. The van der Waals surface area contributed by atoms with E-state index in [1.807, 2.05) is 22.9 Å². The Balaban J connectivity index is 1.49. The highest BCUT2D eigenvalue weighted by Crippen LogP contribution is 2.26. The molecule has 220 valence electrons. The third-order valence-corrected chi connectivity index (χ3v) is 7.72. The summed E-state index contributed by atoms with van der Waals surface area (Å²) < 4.78 is 13.4. The molecule has 9 heteroatoms. The maximum absolute atomic E-state index is 13.4. The summed E-state index contributed by atoms with van der Waals surface area (Å²) in [5, 5.41) is 6.15. The molecule has 1 aromatic carbocycles. The molecule has 0 spiro atoms. The predicted molar refractivity (Wildman–Crippen MR) is 157 cm³/mol. The molecule has 0 bridgehead atoms. The van der Waals surface area contributed by atoms with Gasteiger partial charge in [0, 0.05) is 44.4 Å². The number of carbonyl (C=O) groups excluding carboxylic acids is 2. The van der Waals surface area contributed by atoms with Gasteiger partial charge in [-0.1, -0.05) is 32.6 Å². The first kappa shape index (κ1) is 31.5. The quantitative estimate of drug-likeness (QED) is 0.259. The number of benzene rings is 1. The summed E-state index contributed by atoms with van der Waals surface area (Å²) in [6.45, 7) is 4.97. The summed E-state index contributed by atoms with van der Waals surface area (Å²) in [5.41, 5.74) is 1.37. The summed E-state index contributed by atoms with van der Waals surface area (Å²) in [6, 6.07) is 8.00. The molecular formula is C31H47FN6O2. The molecule has 1 saturated carbocycles. The van der Waals surface area contributed by atoms with Crippen molar-refractivity contribution in [2.45, 2.75) is 83.7 Å². The summed E-state index contributed by atoms with van der Waals surface area (Å²) >= 11 is 0. The normalized spacial score (nSPS) is 14.2. The Hall–Kier alpha value is -3.07. The van der Waals surface area contributed by atoms with Gasteiger partial charge in [-0.3, -0.25) is 9.59 Å². The number of anilines is 1. The van der Waals surface area contributed by atoms with E-state index in [0.717, 1.165) is 70.0 Å². The Kier molecular flexibility index (Phi) is 13.3. The van der Waals surface area contributed by atoms with Gasteiger partial charge in [0.25, 0.3) is 5.91 Å². The molecule has 0 aliphatic heterocycles. The fourth-order valence-corrected chi connectivity index (χ4v) is 5.41. The number of nitrogens with zero attached hydrogens (tertiary/aromatic N) is 4. The largest absolute Gasteiger partial charge is 0.357 e. The van der Waals surface area contributed by atoms with E-state index in [1.165, 1.54) is 12.1 Å². The molecule has 2 N–H and O–H groups in total. The Bertz CT molecular complexity index is 1040. The van der Waals surface area contributed by atoms with Gasteiger partial charge in [0.1, 0.15) is 5.82 Å². The van der Waals surface area contributed by atoms with Crippen LogP contribution in [0.2, 0.25) is 0 Å². The molecule has 1 fully saturated rings. The van der Waals surface area contributed by atoms with Crippen LogP contribution in [0, 0.1) is 11.7 Å². The zero-order valence-corrected chi connectivity index (χ0v) is 24.5. The van der Waals surface area contributed by atoms with Crippen molar-refractivity contribution in [1.29, 1.82) is 0 Å². The number of aromatic nitrogens is 2. The van der Waals surface area contributed by atoms with Crippen LogP contribution in [0.3, 0.4) is 0 Å². The van der Waals surface area contributed by atoms with Crippen molar-refractivity contribution < 1.29 is 14.0 Å². The number of unbranched alkanes of at least 4 members (excludes halogenated alkanes) is 3. The van der Waals surface area contributed by atoms with Gasteiger partial charge < -0.3 is 20.4 Å². The first-order valence-electron chi connectivity index (χ1n) is 14.9. The van der Waals surface area contributed by atoms with Crippen LogP contribution < -0.4 is 10.6 Å². The van der Waals surface area contributed by atoms with Crippen molar-refractivity contribution in [1.82, 2.24) is 25.1 Å². The molecule has 2 aromatic rings. The summed E-state index contributed by atoms with van der Waals surface area (Å²) in [6.07, 6.45) is 11.2. The lowest BCUT2D eigenvalue weighted by Gasteiger charge is -2.29. The van der Waals surface area contributed by atoms with Crippen LogP contribution in [0.4, 0.5) is 10.3 Å². The molecule has 1 aliphatic rings. The van der Waals surface area contributed by atoms with Crippen LogP contribution in [0.5, 0.6) is 0 Å². The van der Waals surface area contributed by atoms with Crippen molar-refractivity contribution in [3.05, 3.63) is 53.6 Å². The van der Waals surface area contributed by atoms with E-state index in [-0.39, 0.29) is 23.7 Å². The molecular weight excluding hydrogens is 507 g/mol. The van der Waals surface area contributed by atoms with Crippen LogP contribution in [-0.4, -0.2) is 71.4 Å². The fourth-order valence-electron chi connectivity index (χ4n) is 5.41. The number of rotatable bonds is 17. The van der Waals surface area contributed by atoms with Crippen LogP contribution in [0.25, 0.3) is 0 Å². The molecule has 3 rings (SSSR count). The summed E-state index contributed by atoms with van der Waals surface area (Å²) in [4.78, 5) is 39.1. The molecule has 1 aromatic heterocycles. The maximum Gasteiger partial charge on any atom is 0.254 e. The predicted octanol–water partition coefficient (Wildman–Crippen LogP) is 5.27. The molecule has 1 unspecified atom stereocenters. The number of carbonyl (C=O) groups is 2. The lowest BCUT2D eigenvalue weighted by molar-refractivity contribution is -0.132. The standard InChI is InChI=1S/C31H47FN6O2/c1-24(17-19-33-2)22-37(23-27-18-20-35-31(34-3)36-27)29(39)12-6-4-5-9-21-38(28-10-7-8-11-28)30(40)25-13-15-26(32)16-14-25/h13-16,18,20,24,28,33H,4-12,17,19,21-23H2,1-3H3,(H,34,35,36). The molecule has 1 heterocycles. The average Bonchev–Trinajstić information content (AvgIpc) is 3.50. The van der Waals surface area contributed by atoms with Gasteiger partial charge in [-0.15, -0.1) is 0 Å². The van der Waals surface area contributed by atoms with Crippen molar-refractivity contribution in [2.75, 3.05) is 39.0 Å². The number of nitrogens with one attached hydrogen (secondary N) is 2. The fraction of sp³-hybridized carbons (Fsp3) is 0.613. The van der Waals surface area contributed by atoms with Gasteiger partial charge in [-0.05, 0) is 81.9 Å². The van der Waals surface area contributed by atoms with Crippen molar-refractivity contribution in [3.8, 4) is 0 Å². The summed E-state index contributed by atoms with van der Waals surface area (Å²) in [5.74, 6) is 0.750. The molecule has 0 saturated heterocycles. The number of halogens is 1. The van der Waals surface area contributed by atoms with Crippen molar-refractivity contribution in [3.63, 3.8) is 0 Å². The molecule has 2 amide bonds. The SMILES string of the molecule is CNCCC(C)CN(Cc1ccnc(NC)n1)C(=O)CCCCCCN(C(=O)c1ccc(F)cc1)C1CCCC1. The van der Waals surface area contributed by atoms with Crippen molar-refractivity contribution >= 4 is 17.8 Å². The highest BCUT2D eigenvalue weighted by Gasteiger charge is 2.27. The van der Waals surface area contributed by atoms with Gasteiger partial charge in [0.2, 0.25) is 11.9 Å². The second kappa shape index (κ2) is 16.9. The number of hydrogen-bond donors (Lipinski definition) is 2. The summed E-state index contributed by atoms with van der Waals surface area (Å²) in [7, 11) is 3.73. The number of amides is 2. The average molecular weight is 555 g/mol. The molecule has 1 atom stereocenters. The minimum Gasteiger partial charge on any atom is -0.357 e. The van der Waals surface area contributed by atoms with E-state index < -0.39 is 0 Å². The van der Waals surface area contributed by atoms with E-state index >= 15 is 0 Å². The van der Waals surface area contributed by atoms with E-state index in [1.54, 1.807) is 25.4 Å². The second-order valence-corrected chi connectivity index (χ2v) is 11.0.